The van der Waals surface area contributed by atoms with Crippen molar-refractivity contribution in [3.8, 4) is 22.6 Å². The van der Waals surface area contributed by atoms with Gasteiger partial charge in [-0.05, 0) is 67.0 Å². The lowest BCUT2D eigenvalue weighted by atomic mass is 9.94. The summed E-state index contributed by atoms with van der Waals surface area (Å²) in [5.41, 5.74) is 17.6. The standard InChI is InChI=1S/C48H41N7/c49-40(32-10-2-1-3-11-32)30-46-39-12-4-5-15-43(39)52-47(55-46)37-24-26-38(27-25-37)48-53-44(35-20-16-33(17-21-35)41-13-6-8-28-50-41)31-45(54-48)36-22-18-34(19-23-36)42-14-7-9-29-51-42/h1-3,6,8,10,12-30,32,44H,4-5,7,9,11,31,49H2. The Kier molecular flexibility index (Phi) is 9.57. The molecule has 0 amide bonds. The van der Waals surface area contributed by atoms with Crippen molar-refractivity contribution in [2.75, 3.05) is 0 Å². The van der Waals surface area contributed by atoms with Crippen molar-refractivity contribution in [3.05, 3.63) is 172 Å². The second kappa shape index (κ2) is 15.4. The van der Waals surface area contributed by atoms with Gasteiger partial charge in [0.1, 0.15) is 0 Å². The molecular formula is C48H41N7. The van der Waals surface area contributed by atoms with Crippen LogP contribution >= 0.6 is 0 Å². The number of nitrogens with zero attached hydrogens (tertiary/aromatic N) is 6. The zero-order valence-corrected chi connectivity index (χ0v) is 30.6. The van der Waals surface area contributed by atoms with Crippen molar-refractivity contribution in [2.24, 2.45) is 26.6 Å². The molecule has 0 fully saturated rings. The summed E-state index contributed by atoms with van der Waals surface area (Å²) in [4.78, 5) is 29.7. The molecule has 2 unspecified atom stereocenters. The molecule has 2 N–H and O–H groups in total. The van der Waals surface area contributed by atoms with Gasteiger partial charge >= 0.3 is 0 Å². The van der Waals surface area contributed by atoms with Gasteiger partial charge in [-0.25, -0.2) is 15.0 Å². The molecule has 0 saturated heterocycles. The molecular weight excluding hydrogens is 675 g/mol. The number of allylic oxidation sites excluding steroid dienone is 5. The second-order valence-electron chi connectivity index (χ2n) is 14.2. The molecule has 4 aliphatic rings. The van der Waals surface area contributed by atoms with Gasteiger partial charge in [0, 0.05) is 52.4 Å². The Hall–Kier alpha value is -6.60. The lowest BCUT2D eigenvalue weighted by Gasteiger charge is -2.22. The fraction of sp³-hybridized carbons (Fsp3) is 0.167. The molecule has 2 aliphatic heterocycles. The summed E-state index contributed by atoms with van der Waals surface area (Å²) in [6.45, 7) is 0. The minimum Gasteiger partial charge on any atom is -0.401 e. The van der Waals surface area contributed by atoms with Crippen LogP contribution in [0.5, 0.6) is 0 Å². The van der Waals surface area contributed by atoms with Crippen molar-refractivity contribution >= 4 is 41.7 Å². The number of benzene rings is 3. The predicted molar refractivity (Wildman–Crippen MR) is 226 cm³/mol. The molecule has 0 spiro atoms. The smallest absolute Gasteiger partial charge is 0.160 e. The maximum atomic E-state index is 6.64. The monoisotopic (exact) mass is 715 g/mol. The van der Waals surface area contributed by atoms with Gasteiger partial charge in [-0.1, -0.05) is 121 Å². The van der Waals surface area contributed by atoms with Crippen LogP contribution in [-0.4, -0.2) is 32.7 Å². The van der Waals surface area contributed by atoms with E-state index in [1.54, 1.807) is 0 Å². The van der Waals surface area contributed by atoms with Crippen LogP contribution in [0.15, 0.2) is 148 Å². The highest BCUT2D eigenvalue weighted by molar-refractivity contribution is 6.14. The van der Waals surface area contributed by atoms with E-state index in [0.29, 0.717) is 18.1 Å². The minimum atomic E-state index is -0.102. The highest BCUT2D eigenvalue weighted by Gasteiger charge is 2.23. The van der Waals surface area contributed by atoms with E-state index >= 15 is 0 Å². The van der Waals surface area contributed by atoms with Crippen LogP contribution in [0.1, 0.15) is 72.5 Å². The van der Waals surface area contributed by atoms with E-state index in [9.17, 15) is 0 Å². The SMILES string of the molecule is NC(=Cc1nc(-c2ccc(C3=NC(c4ccc(-c5ccccn5)cc4)CC(c4ccc(C5=CCCC=N5)cc4)=N3)cc2)nc2c1=CCCC=2)C1C=CC=CC1. The van der Waals surface area contributed by atoms with Crippen LogP contribution in [0, 0.1) is 5.92 Å². The molecule has 3 aromatic carbocycles. The third-order valence-corrected chi connectivity index (χ3v) is 10.5. The highest BCUT2D eigenvalue weighted by atomic mass is 15.0. The fourth-order valence-electron chi connectivity index (χ4n) is 7.46. The third kappa shape index (κ3) is 7.47. The van der Waals surface area contributed by atoms with Gasteiger partial charge in [-0.2, -0.15) is 0 Å². The van der Waals surface area contributed by atoms with Crippen LogP contribution in [0.25, 0.3) is 46.6 Å². The van der Waals surface area contributed by atoms with Crippen molar-refractivity contribution in [1.29, 1.82) is 0 Å². The Bertz CT molecular complexity index is 2570. The first-order valence-corrected chi connectivity index (χ1v) is 19.1. The number of amidine groups is 1. The molecule has 7 heteroatoms. The summed E-state index contributed by atoms with van der Waals surface area (Å²) in [6.07, 6.45) is 26.4. The predicted octanol–water partition coefficient (Wildman–Crippen LogP) is 8.58. The highest BCUT2D eigenvalue weighted by Crippen LogP contribution is 2.32. The van der Waals surface area contributed by atoms with Gasteiger partial charge in [0.2, 0.25) is 0 Å². The van der Waals surface area contributed by atoms with Crippen LogP contribution < -0.4 is 16.3 Å². The van der Waals surface area contributed by atoms with Crippen molar-refractivity contribution in [1.82, 2.24) is 15.0 Å². The molecule has 55 heavy (non-hydrogen) atoms. The average Bonchev–Trinajstić information content (AvgIpc) is 3.27. The van der Waals surface area contributed by atoms with Crippen molar-refractivity contribution < 1.29 is 0 Å². The summed E-state index contributed by atoms with van der Waals surface area (Å²) in [5, 5.41) is 2.01. The molecule has 4 heterocycles. The molecule has 5 aromatic rings. The Morgan fingerprint density at radius 2 is 1.47 bits per heavy atom. The lowest BCUT2D eigenvalue weighted by molar-refractivity contribution is 0.754. The molecule has 0 saturated carbocycles. The fourth-order valence-corrected chi connectivity index (χ4v) is 7.46. The zero-order valence-electron chi connectivity index (χ0n) is 30.6. The van der Waals surface area contributed by atoms with E-state index in [-0.39, 0.29) is 12.0 Å². The number of nitrogens with two attached hydrogens (primary N) is 1. The molecule has 9 rings (SSSR count). The second-order valence-corrected chi connectivity index (χ2v) is 14.2. The van der Waals surface area contributed by atoms with Crippen molar-refractivity contribution in [2.45, 2.75) is 44.6 Å². The van der Waals surface area contributed by atoms with Gasteiger partial charge in [0.25, 0.3) is 0 Å². The van der Waals surface area contributed by atoms with Gasteiger partial charge in [-0.15, -0.1) is 0 Å². The minimum absolute atomic E-state index is 0.102. The summed E-state index contributed by atoms with van der Waals surface area (Å²) in [6, 6.07) is 31.4. The normalized spacial score (nSPS) is 19.1. The molecule has 0 radical (unpaired) electrons. The lowest BCUT2D eigenvalue weighted by Crippen LogP contribution is -2.34. The molecule has 2 atom stereocenters. The first-order valence-electron chi connectivity index (χ1n) is 19.1. The number of pyridine rings is 1. The van der Waals surface area contributed by atoms with E-state index in [4.69, 9.17) is 25.7 Å². The van der Waals surface area contributed by atoms with Gasteiger partial charge in [-0.3, -0.25) is 15.0 Å². The number of fused-ring (bicyclic) bond motifs is 1. The largest absolute Gasteiger partial charge is 0.401 e. The topological polar surface area (TPSA) is 102 Å². The van der Waals surface area contributed by atoms with Crippen LogP contribution in [0.4, 0.5) is 0 Å². The zero-order chi connectivity index (χ0) is 37.0. The van der Waals surface area contributed by atoms with Crippen molar-refractivity contribution in [3.63, 3.8) is 0 Å². The maximum absolute atomic E-state index is 6.64. The third-order valence-electron chi connectivity index (χ3n) is 10.5. The number of rotatable bonds is 8. The van der Waals surface area contributed by atoms with E-state index < -0.39 is 0 Å². The Morgan fingerprint density at radius 1 is 0.709 bits per heavy atom. The summed E-state index contributed by atoms with van der Waals surface area (Å²) in [5.74, 6) is 1.54. The quantitative estimate of drug-likeness (QED) is 0.174. The number of aliphatic imine (C=N–C) groups is 3. The number of aromatic nitrogens is 3. The van der Waals surface area contributed by atoms with Gasteiger partial charge < -0.3 is 5.73 Å². The van der Waals surface area contributed by atoms with Gasteiger partial charge in [0.15, 0.2) is 11.7 Å². The first-order chi connectivity index (χ1) is 27.1. The summed E-state index contributed by atoms with van der Waals surface area (Å²) >= 11 is 0. The van der Waals surface area contributed by atoms with Crippen LogP contribution in [-0.2, 0) is 0 Å². The summed E-state index contributed by atoms with van der Waals surface area (Å²) < 4.78 is 0. The van der Waals surface area contributed by atoms with E-state index in [2.05, 4.69) is 125 Å². The number of hydrogen-bond acceptors (Lipinski definition) is 7. The summed E-state index contributed by atoms with van der Waals surface area (Å²) in [7, 11) is 0. The van der Waals surface area contributed by atoms with E-state index in [1.165, 1.54) is 0 Å². The molecule has 2 aliphatic carbocycles. The molecule has 268 valence electrons. The molecule has 2 aromatic heterocycles. The average molecular weight is 716 g/mol. The maximum Gasteiger partial charge on any atom is 0.160 e. The van der Waals surface area contributed by atoms with E-state index in [1.807, 2.05) is 36.7 Å². The van der Waals surface area contributed by atoms with E-state index in [0.717, 1.165) is 105 Å². The molecule has 7 nitrogen and oxygen atoms in total. The van der Waals surface area contributed by atoms with Crippen LogP contribution in [0.3, 0.4) is 0 Å². The Morgan fingerprint density at radius 3 is 2.24 bits per heavy atom. The number of hydrogen-bond donors (Lipinski definition) is 1. The Balaban J connectivity index is 1.05. The van der Waals surface area contributed by atoms with Crippen LogP contribution in [0.2, 0.25) is 0 Å². The Labute approximate surface area is 321 Å². The van der Waals surface area contributed by atoms with Gasteiger partial charge in [0.05, 0.1) is 34.2 Å². The molecule has 0 bridgehead atoms. The first kappa shape index (κ1) is 34.2.